The van der Waals surface area contributed by atoms with Crippen LogP contribution >= 0.6 is 11.6 Å². The van der Waals surface area contributed by atoms with Gasteiger partial charge in [-0.15, -0.1) is 0 Å². The first kappa shape index (κ1) is 14.1. The van der Waals surface area contributed by atoms with Crippen molar-refractivity contribution in [1.82, 2.24) is 9.80 Å². The number of hydrogen-bond acceptors (Lipinski definition) is 3. The number of piperazine rings is 1. The van der Waals surface area contributed by atoms with Gasteiger partial charge in [0.25, 0.3) is 0 Å². The van der Waals surface area contributed by atoms with Crippen molar-refractivity contribution < 1.29 is 4.79 Å². The fourth-order valence-corrected chi connectivity index (χ4v) is 2.32. The normalized spacial score (nSPS) is 16.4. The Labute approximate surface area is 118 Å². The summed E-state index contributed by atoms with van der Waals surface area (Å²) < 4.78 is 0. The third-order valence-corrected chi connectivity index (χ3v) is 3.42. The van der Waals surface area contributed by atoms with Gasteiger partial charge < -0.3 is 16.0 Å². The van der Waals surface area contributed by atoms with Gasteiger partial charge >= 0.3 is 6.03 Å². The number of benzene rings is 1. The van der Waals surface area contributed by atoms with E-state index in [0.717, 1.165) is 38.4 Å². The van der Waals surface area contributed by atoms with E-state index in [1.165, 1.54) is 0 Å². The highest BCUT2D eigenvalue weighted by Crippen LogP contribution is 2.15. The van der Waals surface area contributed by atoms with Crippen LogP contribution in [0.2, 0.25) is 5.02 Å². The molecule has 1 fully saturated rings. The lowest BCUT2D eigenvalue weighted by Gasteiger charge is -2.34. The number of rotatable bonds is 3. The molecular formula is C13H19ClN4O. The van der Waals surface area contributed by atoms with E-state index in [2.05, 4.69) is 10.2 Å². The predicted octanol–water partition coefficient (Wildman–Crippen LogP) is 1.45. The van der Waals surface area contributed by atoms with Crippen molar-refractivity contribution in [2.24, 2.45) is 5.73 Å². The average molecular weight is 283 g/mol. The lowest BCUT2D eigenvalue weighted by molar-refractivity contribution is 0.149. The summed E-state index contributed by atoms with van der Waals surface area (Å²) in [4.78, 5) is 16.2. The van der Waals surface area contributed by atoms with Crippen LogP contribution in [0.3, 0.4) is 0 Å². The van der Waals surface area contributed by atoms with E-state index in [0.29, 0.717) is 11.6 Å². The van der Waals surface area contributed by atoms with Gasteiger partial charge in [0.05, 0.1) is 0 Å². The molecule has 1 heterocycles. The van der Waals surface area contributed by atoms with Crippen LogP contribution in [0.15, 0.2) is 24.3 Å². The zero-order chi connectivity index (χ0) is 13.7. The Balaban J connectivity index is 1.84. The Morgan fingerprint density at radius 1 is 1.32 bits per heavy atom. The van der Waals surface area contributed by atoms with Gasteiger partial charge in [-0.3, -0.25) is 4.90 Å². The number of hydrogen-bond donors (Lipinski definition) is 2. The highest BCUT2D eigenvalue weighted by Gasteiger charge is 2.20. The molecule has 1 aromatic rings. The van der Waals surface area contributed by atoms with E-state index in [-0.39, 0.29) is 6.03 Å². The first-order valence-electron chi connectivity index (χ1n) is 6.43. The lowest BCUT2D eigenvalue weighted by atomic mass is 10.3. The molecular weight excluding hydrogens is 264 g/mol. The molecule has 0 unspecified atom stereocenters. The Bertz CT molecular complexity index is 432. The topological polar surface area (TPSA) is 61.6 Å². The van der Waals surface area contributed by atoms with Crippen molar-refractivity contribution in [3.05, 3.63) is 29.3 Å². The highest BCUT2D eigenvalue weighted by atomic mass is 35.5. The third kappa shape index (κ3) is 4.09. The number of nitrogens with zero attached hydrogens (tertiary/aromatic N) is 2. The second-order valence-corrected chi connectivity index (χ2v) is 4.99. The number of nitrogens with one attached hydrogen (secondary N) is 1. The molecule has 1 saturated heterocycles. The molecule has 6 heteroatoms. The van der Waals surface area contributed by atoms with Gasteiger partial charge in [-0.05, 0) is 18.2 Å². The number of halogens is 1. The monoisotopic (exact) mass is 282 g/mol. The summed E-state index contributed by atoms with van der Waals surface area (Å²) in [6.07, 6.45) is 0. The van der Waals surface area contributed by atoms with Gasteiger partial charge in [-0.2, -0.15) is 0 Å². The van der Waals surface area contributed by atoms with Crippen molar-refractivity contribution >= 4 is 23.3 Å². The number of urea groups is 1. The fraction of sp³-hybridized carbons (Fsp3) is 0.462. The van der Waals surface area contributed by atoms with Crippen LogP contribution in [-0.2, 0) is 0 Å². The van der Waals surface area contributed by atoms with E-state index in [9.17, 15) is 4.79 Å². The number of carbonyl (C=O) groups is 1. The van der Waals surface area contributed by atoms with E-state index >= 15 is 0 Å². The van der Waals surface area contributed by atoms with E-state index in [1.54, 1.807) is 12.1 Å². The van der Waals surface area contributed by atoms with Crippen molar-refractivity contribution in [3.8, 4) is 0 Å². The smallest absolute Gasteiger partial charge is 0.321 e. The van der Waals surface area contributed by atoms with Crippen LogP contribution < -0.4 is 11.1 Å². The summed E-state index contributed by atoms with van der Waals surface area (Å²) in [5.74, 6) is 0. The van der Waals surface area contributed by atoms with Crippen LogP contribution in [-0.4, -0.2) is 55.1 Å². The van der Waals surface area contributed by atoms with Crippen LogP contribution in [0.25, 0.3) is 0 Å². The lowest BCUT2D eigenvalue weighted by Crippen LogP contribution is -2.50. The minimum absolute atomic E-state index is 0.0744. The number of amides is 2. The fourth-order valence-electron chi connectivity index (χ4n) is 2.13. The molecule has 0 atom stereocenters. The van der Waals surface area contributed by atoms with Crippen LogP contribution in [0.4, 0.5) is 10.5 Å². The minimum Gasteiger partial charge on any atom is -0.329 e. The maximum absolute atomic E-state index is 12.1. The summed E-state index contributed by atoms with van der Waals surface area (Å²) in [5.41, 5.74) is 6.25. The third-order valence-electron chi connectivity index (χ3n) is 3.18. The molecule has 2 rings (SSSR count). The predicted molar refractivity (Wildman–Crippen MR) is 77.5 cm³/mol. The summed E-state index contributed by atoms with van der Waals surface area (Å²) in [6.45, 7) is 4.76. The Morgan fingerprint density at radius 2 is 2.05 bits per heavy atom. The van der Waals surface area contributed by atoms with E-state index < -0.39 is 0 Å². The molecule has 104 valence electrons. The second kappa shape index (κ2) is 6.75. The molecule has 3 N–H and O–H groups in total. The number of carbonyl (C=O) groups excluding carboxylic acids is 1. The van der Waals surface area contributed by atoms with Crippen molar-refractivity contribution in [2.75, 3.05) is 44.6 Å². The SMILES string of the molecule is NCCN1CCN(C(=O)Nc2cccc(Cl)c2)CC1. The van der Waals surface area contributed by atoms with Gasteiger partial charge in [0, 0.05) is 50.0 Å². The van der Waals surface area contributed by atoms with Crippen molar-refractivity contribution in [2.45, 2.75) is 0 Å². The van der Waals surface area contributed by atoms with Crippen molar-refractivity contribution in [1.29, 1.82) is 0 Å². The van der Waals surface area contributed by atoms with Crippen LogP contribution in [0.1, 0.15) is 0 Å². The Morgan fingerprint density at radius 3 is 2.68 bits per heavy atom. The molecule has 1 aromatic carbocycles. The largest absolute Gasteiger partial charge is 0.329 e. The van der Waals surface area contributed by atoms with Gasteiger partial charge in [-0.25, -0.2) is 4.79 Å². The molecule has 0 aromatic heterocycles. The molecule has 0 saturated carbocycles. The summed E-state index contributed by atoms with van der Waals surface area (Å²) in [6, 6.07) is 7.09. The molecule has 1 aliphatic rings. The summed E-state index contributed by atoms with van der Waals surface area (Å²) in [5, 5.41) is 3.47. The molecule has 0 spiro atoms. The van der Waals surface area contributed by atoms with Gasteiger partial charge in [0.2, 0.25) is 0 Å². The van der Waals surface area contributed by atoms with Gasteiger partial charge in [0.15, 0.2) is 0 Å². The maximum atomic E-state index is 12.1. The van der Waals surface area contributed by atoms with E-state index in [1.807, 2.05) is 17.0 Å². The quantitative estimate of drug-likeness (QED) is 0.882. The molecule has 0 bridgehead atoms. The Kier molecular flexibility index (Phi) is 5.01. The van der Waals surface area contributed by atoms with Crippen LogP contribution in [0, 0.1) is 0 Å². The summed E-state index contributed by atoms with van der Waals surface area (Å²) in [7, 11) is 0. The number of anilines is 1. The highest BCUT2D eigenvalue weighted by molar-refractivity contribution is 6.30. The standard InChI is InChI=1S/C13H19ClN4O/c14-11-2-1-3-12(10-11)16-13(19)18-8-6-17(5-4-15)7-9-18/h1-3,10H,4-9,15H2,(H,16,19). The second-order valence-electron chi connectivity index (χ2n) is 4.56. The molecule has 19 heavy (non-hydrogen) atoms. The first-order chi connectivity index (χ1) is 9.19. The van der Waals surface area contributed by atoms with Crippen LogP contribution in [0.5, 0.6) is 0 Å². The molecule has 0 aliphatic carbocycles. The Hall–Kier alpha value is -1.30. The summed E-state index contributed by atoms with van der Waals surface area (Å²) >= 11 is 5.88. The molecule has 0 radical (unpaired) electrons. The van der Waals surface area contributed by atoms with Gasteiger partial charge in [-0.1, -0.05) is 17.7 Å². The minimum atomic E-state index is -0.0744. The molecule has 5 nitrogen and oxygen atoms in total. The number of nitrogens with two attached hydrogens (primary N) is 1. The van der Waals surface area contributed by atoms with Gasteiger partial charge in [0.1, 0.15) is 0 Å². The molecule has 1 aliphatic heterocycles. The van der Waals surface area contributed by atoms with E-state index in [4.69, 9.17) is 17.3 Å². The molecule has 2 amide bonds. The maximum Gasteiger partial charge on any atom is 0.321 e. The average Bonchev–Trinajstić information content (AvgIpc) is 2.40. The zero-order valence-corrected chi connectivity index (χ0v) is 11.6. The van der Waals surface area contributed by atoms with Crippen molar-refractivity contribution in [3.63, 3.8) is 0 Å². The first-order valence-corrected chi connectivity index (χ1v) is 6.81. The zero-order valence-electron chi connectivity index (χ0n) is 10.8.